The minimum atomic E-state index is 0.0745. The van der Waals surface area contributed by atoms with Gasteiger partial charge in [0.1, 0.15) is 0 Å². The highest BCUT2D eigenvalue weighted by Crippen LogP contribution is 2.17. The maximum Gasteiger partial charge on any atom is 0.233 e. The Morgan fingerprint density at radius 1 is 1.44 bits per heavy atom. The van der Waals surface area contributed by atoms with Crippen LogP contribution in [0.25, 0.3) is 0 Å². The minimum absolute atomic E-state index is 0.0745. The summed E-state index contributed by atoms with van der Waals surface area (Å²) in [5.41, 5.74) is 0. The van der Waals surface area contributed by atoms with E-state index < -0.39 is 0 Å². The number of carbonyl (C=O) groups is 1. The van der Waals surface area contributed by atoms with Gasteiger partial charge in [-0.1, -0.05) is 19.4 Å². The van der Waals surface area contributed by atoms with Crippen molar-refractivity contribution in [1.29, 1.82) is 0 Å². The summed E-state index contributed by atoms with van der Waals surface area (Å²) in [6.07, 6.45) is 7.24. The highest BCUT2D eigenvalue weighted by atomic mass is 16.5. The van der Waals surface area contributed by atoms with E-state index in [9.17, 15) is 4.79 Å². The third-order valence-electron chi connectivity index (χ3n) is 2.79. The number of amides is 1. The summed E-state index contributed by atoms with van der Waals surface area (Å²) in [6.45, 7) is 5.16. The van der Waals surface area contributed by atoms with Crippen molar-refractivity contribution in [3.8, 4) is 0 Å². The van der Waals surface area contributed by atoms with Crippen molar-refractivity contribution in [2.45, 2.75) is 38.1 Å². The molecule has 92 valence electrons. The number of carbonyl (C=O) groups excluding carboxylic acids is 1. The summed E-state index contributed by atoms with van der Waals surface area (Å²) in [5, 5.41) is 6.12. The van der Waals surface area contributed by atoms with Gasteiger partial charge in [-0.3, -0.25) is 4.79 Å². The largest absolute Gasteiger partial charge is 0.502 e. The molecule has 4 heteroatoms. The van der Waals surface area contributed by atoms with Crippen molar-refractivity contribution in [3.63, 3.8) is 0 Å². The average molecular weight is 226 g/mol. The number of hydrogen-bond acceptors (Lipinski definition) is 3. The van der Waals surface area contributed by atoms with Gasteiger partial charge >= 0.3 is 0 Å². The predicted molar refractivity (Wildman–Crippen MR) is 64.0 cm³/mol. The molecule has 0 saturated heterocycles. The van der Waals surface area contributed by atoms with E-state index >= 15 is 0 Å². The van der Waals surface area contributed by atoms with Gasteiger partial charge in [-0.25, -0.2) is 0 Å². The summed E-state index contributed by atoms with van der Waals surface area (Å²) in [7, 11) is 0. The van der Waals surface area contributed by atoms with E-state index in [1.807, 2.05) is 0 Å². The summed E-state index contributed by atoms with van der Waals surface area (Å²) in [5.74, 6) is 0.0745. The van der Waals surface area contributed by atoms with Crippen LogP contribution in [-0.4, -0.2) is 31.6 Å². The molecule has 0 aliphatic heterocycles. The highest BCUT2D eigenvalue weighted by Gasteiger charge is 2.14. The first kappa shape index (κ1) is 13.0. The van der Waals surface area contributed by atoms with E-state index in [-0.39, 0.29) is 5.91 Å². The Morgan fingerprint density at radius 3 is 2.88 bits per heavy atom. The molecule has 0 aromatic carbocycles. The van der Waals surface area contributed by atoms with Crippen LogP contribution in [-0.2, 0) is 9.53 Å². The van der Waals surface area contributed by atoms with Gasteiger partial charge in [-0.05, 0) is 19.3 Å². The summed E-state index contributed by atoms with van der Waals surface area (Å²) < 4.78 is 4.95. The number of hydrogen-bond donors (Lipinski definition) is 2. The molecule has 1 rings (SSSR count). The molecule has 0 spiro atoms. The standard InChI is InChI=1S/C12H22N2O2/c1-2-16-9-5-8-13-12(15)10-14-11-6-3-4-7-11/h2,11,14H,1,3-10H2,(H,13,15). The second-order valence-corrected chi connectivity index (χ2v) is 4.10. The average Bonchev–Trinajstić information content (AvgIpc) is 2.79. The Hall–Kier alpha value is -1.03. The number of rotatable bonds is 8. The molecule has 0 atom stereocenters. The number of nitrogens with one attached hydrogen (secondary N) is 2. The van der Waals surface area contributed by atoms with Crippen LogP contribution in [0, 0.1) is 0 Å². The Labute approximate surface area is 97.4 Å². The molecular formula is C12H22N2O2. The molecule has 0 radical (unpaired) electrons. The zero-order valence-electron chi connectivity index (χ0n) is 9.84. The van der Waals surface area contributed by atoms with E-state index in [4.69, 9.17) is 4.74 Å². The molecule has 16 heavy (non-hydrogen) atoms. The maximum atomic E-state index is 11.4. The lowest BCUT2D eigenvalue weighted by Gasteiger charge is -2.11. The molecule has 1 saturated carbocycles. The van der Waals surface area contributed by atoms with E-state index in [0.717, 1.165) is 6.42 Å². The van der Waals surface area contributed by atoms with Crippen molar-refractivity contribution in [1.82, 2.24) is 10.6 Å². The molecule has 0 bridgehead atoms. The zero-order valence-corrected chi connectivity index (χ0v) is 9.84. The van der Waals surface area contributed by atoms with Crippen LogP contribution in [0.2, 0.25) is 0 Å². The Balaban J connectivity index is 1.91. The summed E-state index contributed by atoms with van der Waals surface area (Å²) >= 11 is 0. The van der Waals surface area contributed by atoms with Crippen molar-refractivity contribution >= 4 is 5.91 Å². The summed E-state index contributed by atoms with van der Waals surface area (Å²) in [4.78, 5) is 11.4. The first-order valence-corrected chi connectivity index (χ1v) is 6.05. The van der Waals surface area contributed by atoms with Gasteiger partial charge < -0.3 is 15.4 Å². The molecule has 0 aromatic heterocycles. The Kier molecular flexibility index (Phi) is 6.65. The van der Waals surface area contributed by atoms with Crippen molar-refractivity contribution in [3.05, 3.63) is 12.8 Å². The molecule has 1 aliphatic carbocycles. The topological polar surface area (TPSA) is 50.4 Å². The fraction of sp³-hybridized carbons (Fsp3) is 0.750. The monoisotopic (exact) mass is 226 g/mol. The fourth-order valence-corrected chi connectivity index (χ4v) is 1.90. The quantitative estimate of drug-likeness (QED) is 0.483. The molecule has 1 amide bonds. The van der Waals surface area contributed by atoms with Crippen LogP contribution < -0.4 is 10.6 Å². The van der Waals surface area contributed by atoms with Crippen LogP contribution >= 0.6 is 0 Å². The first-order chi connectivity index (χ1) is 7.83. The highest BCUT2D eigenvalue weighted by molar-refractivity contribution is 5.77. The second-order valence-electron chi connectivity index (χ2n) is 4.10. The van der Waals surface area contributed by atoms with Gasteiger partial charge in [-0.15, -0.1) is 0 Å². The second kappa shape index (κ2) is 8.16. The number of ether oxygens (including phenoxy) is 1. The molecule has 2 N–H and O–H groups in total. The van der Waals surface area contributed by atoms with Crippen LogP contribution in [0.4, 0.5) is 0 Å². The van der Waals surface area contributed by atoms with Crippen molar-refractivity contribution < 1.29 is 9.53 Å². The van der Waals surface area contributed by atoms with Crippen LogP contribution in [0.5, 0.6) is 0 Å². The molecule has 4 nitrogen and oxygen atoms in total. The minimum Gasteiger partial charge on any atom is -0.502 e. The smallest absolute Gasteiger partial charge is 0.233 e. The SMILES string of the molecule is C=COCCCNC(=O)CNC1CCCC1. The third kappa shape index (κ3) is 5.75. The van der Waals surface area contributed by atoms with Crippen LogP contribution in [0.1, 0.15) is 32.1 Å². The van der Waals surface area contributed by atoms with Crippen LogP contribution in [0.15, 0.2) is 12.8 Å². The van der Waals surface area contributed by atoms with Gasteiger partial charge in [0.25, 0.3) is 0 Å². The van der Waals surface area contributed by atoms with E-state index in [0.29, 0.717) is 25.7 Å². The van der Waals surface area contributed by atoms with Gasteiger partial charge in [0.05, 0.1) is 19.4 Å². The predicted octanol–water partition coefficient (Wildman–Crippen LogP) is 1.18. The van der Waals surface area contributed by atoms with Crippen molar-refractivity contribution in [2.75, 3.05) is 19.7 Å². The van der Waals surface area contributed by atoms with E-state index in [1.165, 1.54) is 31.9 Å². The fourth-order valence-electron chi connectivity index (χ4n) is 1.90. The van der Waals surface area contributed by atoms with Gasteiger partial charge in [0.15, 0.2) is 0 Å². The normalized spacial score (nSPS) is 16.0. The molecule has 0 aromatic rings. The van der Waals surface area contributed by atoms with Gasteiger partial charge in [0.2, 0.25) is 5.91 Å². The van der Waals surface area contributed by atoms with E-state index in [2.05, 4.69) is 17.2 Å². The molecule has 0 heterocycles. The third-order valence-corrected chi connectivity index (χ3v) is 2.79. The lowest BCUT2D eigenvalue weighted by Crippen LogP contribution is -2.38. The van der Waals surface area contributed by atoms with Gasteiger partial charge in [0, 0.05) is 12.6 Å². The Bertz CT molecular complexity index is 213. The van der Waals surface area contributed by atoms with Crippen LogP contribution in [0.3, 0.4) is 0 Å². The lowest BCUT2D eigenvalue weighted by atomic mass is 10.2. The molecule has 0 unspecified atom stereocenters. The zero-order chi connectivity index (χ0) is 11.6. The van der Waals surface area contributed by atoms with E-state index in [1.54, 1.807) is 0 Å². The molecular weight excluding hydrogens is 204 g/mol. The lowest BCUT2D eigenvalue weighted by molar-refractivity contribution is -0.120. The molecule has 1 fully saturated rings. The van der Waals surface area contributed by atoms with Gasteiger partial charge in [-0.2, -0.15) is 0 Å². The van der Waals surface area contributed by atoms with Crippen molar-refractivity contribution in [2.24, 2.45) is 0 Å². The first-order valence-electron chi connectivity index (χ1n) is 6.05. The Morgan fingerprint density at radius 2 is 2.19 bits per heavy atom. The molecule has 1 aliphatic rings. The summed E-state index contributed by atoms with van der Waals surface area (Å²) in [6, 6.07) is 0.551. The maximum absolute atomic E-state index is 11.4.